The molecule has 3 rings (SSSR count). The van der Waals surface area contributed by atoms with E-state index in [4.69, 9.17) is 16.9 Å². The maximum Gasteiger partial charge on any atom is 0.161 e. The third kappa shape index (κ3) is 2.05. The van der Waals surface area contributed by atoms with Crippen LogP contribution in [0.1, 0.15) is 0 Å². The summed E-state index contributed by atoms with van der Waals surface area (Å²) in [6.45, 7) is 0.204. The Hall–Kier alpha value is -2.38. The van der Waals surface area contributed by atoms with Gasteiger partial charge in [-0.3, -0.25) is 4.57 Å². The van der Waals surface area contributed by atoms with Crippen molar-refractivity contribution in [2.75, 3.05) is 0 Å². The third-order valence-corrected chi connectivity index (χ3v) is 3.02. The normalized spacial score (nSPS) is 10.5. The van der Waals surface area contributed by atoms with E-state index in [1.165, 1.54) is 0 Å². The van der Waals surface area contributed by atoms with Gasteiger partial charge in [0.2, 0.25) is 0 Å². The molecule has 0 unspecified atom stereocenters. The maximum atomic E-state index is 8.97. The molecule has 2 heterocycles. The van der Waals surface area contributed by atoms with Gasteiger partial charge < -0.3 is 0 Å². The molecule has 4 nitrogen and oxygen atoms in total. The number of pyridine rings is 1. The SMILES string of the molecule is N#CCn1c(-c2ccccc2)nc2cc(Cl)cnc21. The van der Waals surface area contributed by atoms with Crippen LogP contribution >= 0.6 is 11.6 Å². The van der Waals surface area contributed by atoms with Crippen molar-refractivity contribution >= 4 is 22.8 Å². The highest BCUT2D eigenvalue weighted by Gasteiger charge is 2.13. The number of nitriles is 1. The molecule has 0 amide bonds. The highest BCUT2D eigenvalue weighted by molar-refractivity contribution is 6.31. The van der Waals surface area contributed by atoms with Crippen molar-refractivity contribution in [3.05, 3.63) is 47.6 Å². The van der Waals surface area contributed by atoms with Gasteiger partial charge in [-0.2, -0.15) is 5.26 Å². The van der Waals surface area contributed by atoms with Crippen LogP contribution in [0.15, 0.2) is 42.6 Å². The van der Waals surface area contributed by atoms with Gasteiger partial charge in [0.1, 0.15) is 17.9 Å². The average Bonchev–Trinajstić information content (AvgIpc) is 2.78. The van der Waals surface area contributed by atoms with E-state index in [9.17, 15) is 0 Å². The molecule has 0 spiro atoms. The Morgan fingerprint density at radius 2 is 2.05 bits per heavy atom. The lowest BCUT2D eigenvalue weighted by atomic mass is 10.2. The van der Waals surface area contributed by atoms with Crippen molar-refractivity contribution in [3.63, 3.8) is 0 Å². The molecule has 0 aliphatic heterocycles. The van der Waals surface area contributed by atoms with Gasteiger partial charge in [0, 0.05) is 11.8 Å². The van der Waals surface area contributed by atoms with Crippen LogP contribution in [-0.4, -0.2) is 14.5 Å². The standard InChI is InChI=1S/C14H9ClN4/c15-11-8-12-14(17-9-11)19(7-6-16)13(18-12)10-4-2-1-3-5-10/h1-5,8-9H,7H2. The number of imidazole rings is 1. The first-order chi connectivity index (χ1) is 9.29. The molecule has 0 saturated carbocycles. The first-order valence-corrected chi connectivity index (χ1v) is 6.11. The largest absolute Gasteiger partial charge is 0.295 e. The van der Waals surface area contributed by atoms with Crippen LogP contribution in [-0.2, 0) is 6.54 Å². The van der Waals surface area contributed by atoms with Crippen LogP contribution in [0.4, 0.5) is 0 Å². The van der Waals surface area contributed by atoms with Gasteiger partial charge in [-0.15, -0.1) is 0 Å². The fourth-order valence-corrected chi connectivity index (χ4v) is 2.17. The number of aromatic nitrogens is 3. The zero-order valence-corrected chi connectivity index (χ0v) is 10.7. The fourth-order valence-electron chi connectivity index (χ4n) is 2.01. The summed E-state index contributed by atoms with van der Waals surface area (Å²) in [6, 6.07) is 13.6. The molecule has 19 heavy (non-hydrogen) atoms. The second-order valence-electron chi connectivity index (χ2n) is 4.04. The zero-order valence-electron chi connectivity index (χ0n) is 9.92. The van der Waals surface area contributed by atoms with Gasteiger partial charge in [0.05, 0.1) is 11.1 Å². The molecule has 0 atom stereocenters. The molecule has 0 saturated heterocycles. The van der Waals surface area contributed by atoms with Crippen molar-refractivity contribution in [1.29, 1.82) is 5.26 Å². The first-order valence-electron chi connectivity index (χ1n) is 5.74. The molecule has 5 heteroatoms. The topological polar surface area (TPSA) is 54.5 Å². The van der Waals surface area contributed by atoms with E-state index >= 15 is 0 Å². The quantitative estimate of drug-likeness (QED) is 0.717. The summed E-state index contributed by atoms with van der Waals surface area (Å²) < 4.78 is 1.79. The number of benzene rings is 1. The third-order valence-electron chi connectivity index (χ3n) is 2.81. The minimum absolute atomic E-state index is 0.204. The number of hydrogen-bond donors (Lipinski definition) is 0. The minimum atomic E-state index is 0.204. The number of rotatable bonds is 2. The van der Waals surface area contributed by atoms with Crippen molar-refractivity contribution in [2.24, 2.45) is 0 Å². The van der Waals surface area contributed by atoms with E-state index in [1.807, 2.05) is 30.3 Å². The summed E-state index contributed by atoms with van der Waals surface area (Å²) >= 11 is 5.93. The van der Waals surface area contributed by atoms with E-state index in [2.05, 4.69) is 16.0 Å². The van der Waals surface area contributed by atoms with Gasteiger partial charge in [0.25, 0.3) is 0 Å². The van der Waals surface area contributed by atoms with Crippen LogP contribution in [0.25, 0.3) is 22.6 Å². The molecule has 0 aliphatic rings. The van der Waals surface area contributed by atoms with Gasteiger partial charge in [0.15, 0.2) is 5.65 Å². The Labute approximate surface area is 114 Å². The average molecular weight is 269 g/mol. The molecule has 92 valence electrons. The zero-order chi connectivity index (χ0) is 13.2. The minimum Gasteiger partial charge on any atom is -0.295 e. The Morgan fingerprint density at radius 3 is 2.79 bits per heavy atom. The molecule has 0 fully saturated rings. The van der Waals surface area contributed by atoms with Crippen LogP contribution < -0.4 is 0 Å². The summed E-state index contributed by atoms with van der Waals surface area (Å²) in [5, 5.41) is 9.51. The van der Waals surface area contributed by atoms with Crippen molar-refractivity contribution in [1.82, 2.24) is 14.5 Å². The summed E-state index contributed by atoms with van der Waals surface area (Å²) in [5.74, 6) is 0.729. The van der Waals surface area contributed by atoms with E-state index < -0.39 is 0 Å². The van der Waals surface area contributed by atoms with Crippen LogP contribution in [0.3, 0.4) is 0 Å². The fraction of sp³-hybridized carbons (Fsp3) is 0.0714. The smallest absolute Gasteiger partial charge is 0.161 e. The highest BCUT2D eigenvalue weighted by atomic mass is 35.5. The molecule has 1 aromatic carbocycles. The Morgan fingerprint density at radius 1 is 1.26 bits per heavy atom. The Bertz CT molecular complexity index is 771. The van der Waals surface area contributed by atoms with Crippen molar-refractivity contribution < 1.29 is 0 Å². The highest BCUT2D eigenvalue weighted by Crippen LogP contribution is 2.24. The van der Waals surface area contributed by atoms with E-state index in [1.54, 1.807) is 16.8 Å². The van der Waals surface area contributed by atoms with Gasteiger partial charge in [-0.1, -0.05) is 41.9 Å². The second-order valence-corrected chi connectivity index (χ2v) is 4.48. The van der Waals surface area contributed by atoms with Crippen molar-refractivity contribution in [3.8, 4) is 17.5 Å². The van der Waals surface area contributed by atoms with Crippen LogP contribution in [0.5, 0.6) is 0 Å². The molecular weight excluding hydrogens is 260 g/mol. The number of nitrogens with zero attached hydrogens (tertiary/aromatic N) is 4. The van der Waals surface area contributed by atoms with E-state index in [0.29, 0.717) is 16.2 Å². The van der Waals surface area contributed by atoms with Crippen LogP contribution in [0, 0.1) is 11.3 Å². The molecule has 3 aromatic rings. The lowest BCUT2D eigenvalue weighted by molar-refractivity contribution is 0.858. The monoisotopic (exact) mass is 268 g/mol. The van der Waals surface area contributed by atoms with Gasteiger partial charge in [-0.05, 0) is 6.07 Å². The molecular formula is C14H9ClN4. The summed E-state index contributed by atoms with van der Waals surface area (Å²) in [6.07, 6.45) is 1.56. The summed E-state index contributed by atoms with van der Waals surface area (Å²) in [7, 11) is 0. The Balaban J connectivity index is 2.29. The van der Waals surface area contributed by atoms with Gasteiger partial charge >= 0.3 is 0 Å². The molecule has 0 N–H and O–H groups in total. The lowest BCUT2D eigenvalue weighted by Crippen LogP contribution is -1.99. The van der Waals surface area contributed by atoms with E-state index in [-0.39, 0.29) is 6.54 Å². The summed E-state index contributed by atoms with van der Waals surface area (Å²) in [5.41, 5.74) is 2.32. The molecule has 2 aromatic heterocycles. The molecule has 0 radical (unpaired) electrons. The first kappa shape index (κ1) is 11.7. The summed E-state index contributed by atoms with van der Waals surface area (Å²) in [4.78, 5) is 8.79. The number of hydrogen-bond acceptors (Lipinski definition) is 3. The van der Waals surface area contributed by atoms with Crippen LogP contribution in [0.2, 0.25) is 5.02 Å². The number of fused-ring (bicyclic) bond motifs is 1. The maximum absolute atomic E-state index is 8.97. The van der Waals surface area contributed by atoms with E-state index in [0.717, 1.165) is 11.4 Å². The predicted molar refractivity (Wildman–Crippen MR) is 73.6 cm³/mol. The van der Waals surface area contributed by atoms with Gasteiger partial charge in [-0.25, -0.2) is 9.97 Å². The molecule has 0 aliphatic carbocycles. The Kier molecular flexibility index (Phi) is 2.90. The predicted octanol–water partition coefficient (Wildman–Crippen LogP) is 3.28. The van der Waals surface area contributed by atoms with Crippen molar-refractivity contribution in [2.45, 2.75) is 6.54 Å². The number of halogens is 1. The second kappa shape index (κ2) is 4.71. The molecule has 0 bridgehead atoms. The lowest BCUT2D eigenvalue weighted by Gasteiger charge is -2.03.